The molecule has 2 heterocycles. The predicted molar refractivity (Wildman–Crippen MR) is 138 cm³/mol. The van der Waals surface area contributed by atoms with Crippen molar-refractivity contribution in [2.75, 3.05) is 13.7 Å². The molecule has 0 spiro atoms. The molecule has 0 aromatic heterocycles. The molecule has 222 valence electrons. The fourth-order valence-electron chi connectivity index (χ4n) is 7.39. The van der Waals surface area contributed by atoms with Gasteiger partial charge in [-0.1, -0.05) is 24.1 Å². The molecule has 0 radical (unpaired) electrons. The molecule has 10 heteroatoms. The van der Waals surface area contributed by atoms with Crippen molar-refractivity contribution < 1.29 is 40.6 Å². The van der Waals surface area contributed by atoms with Gasteiger partial charge in [-0.2, -0.15) is 26.3 Å². The SMILES string of the molecule is COC(=O)C1CC2CCCC(C1)N2CCC1=Cc2ccc(OC3CCC(C(F)(F)F)CC3)c(C(F)(F)F)c2CC1. The van der Waals surface area contributed by atoms with E-state index in [-0.39, 0.29) is 55.3 Å². The highest BCUT2D eigenvalue weighted by atomic mass is 19.4. The molecule has 2 atom stereocenters. The predicted octanol–water partition coefficient (Wildman–Crippen LogP) is 7.73. The molecule has 0 N–H and O–H groups in total. The Balaban J connectivity index is 1.27. The van der Waals surface area contributed by atoms with Crippen LogP contribution in [0.3, 0.4) is 0 Å². The Morgan fingerprint density at radius 2 is 1.62 bits per heavy atom. The van der Waals surface area contributed by atoms with Gasteiger partial charge in [-0.05, 0) is 87.8 Å². The third-order valence-corrected chi connectivity index (χ3v) is 9.43. The summed E-state index contributed by atoms with van der Waals surface area (Å²) in [5, 5.41) is 0. The molecule has 40 heavy (non-hydrogen) atoms. The number of rotatable bonds is 6. The molecule has 4 nitrogen and oxygen atoms in total. The molecular weight excluding hydrogens is 536 g/mol. The minimum Gasteiger partial charge on any atom is -0.490 e. The van der Waals surface area contributed by atoms with Crippen molar-refractivity contribution in [1.82, 2.24) is 4.90 Å². The first-order valence-electron chi connectivity index (χ1n) is 14.4. The topological polar surface area (TPSA) is 38.8 Å². The van der Waals surface area contributed by atoms with Crippen molar-refractivity contribution in [2.45, 2.75) is 108 Å². The smallest absolute Gasteiger partial charge is 0.420 e. The lowest BCUT2D eigenvalue weighted by molar-refractivity contribution is -0.185. The van der Waals surface area contributed by atoms with Crippen LogP contribution < -0.4 is 4.74 Å². The van der Waals surface area contributed by atoms with Gasteiger partial charge in [0.15, 0.2) is 0 Å². The zero-order chi connectivity index (χ0) is 28.7. The van der Waals surface area contributed by atoms with Crippen LogP contribution in [0, 0.1) is 11.8 Å². The van der Waals surface area contributed by atoms with E-state index >= 15 is 0 Å². The second kappa shape index (κ2) is 11.6. The number of carbonyl (C=O) groups excluding carboxylic acids is 1. The van der Waals surface area contributed by atoms with Crippen molar-refractivity contribution in [2.24, 2.45) is 11.8 Å². The van der Waals surface area contributed by atoms with E-state index in [0.29, 0.717) is 24.1 Å². The van der Waals surface area contributed by atoms with Crippen LogP contribution in [0.4, 0.5) is 26.3 Å². The van der Waals surface area contributed by atoms with Gasteiger partial charge in [0.1, 0.15) is 11.3 Å². The Labute approximate surface area is 231 Å². The van der Waals surface area contributed by atoms with E-state index in [1.807, 2.05) is 6.08 Å². The van der Waals surface area contributed by atoms with Gasteiger partial charge >= 0.3 is 18.3 Å². The van der Waals surface area contributed by atoms with Gasteiger partial charge in [-0.25, -0.2) is 0 Å². The summed E-state index contributed by atoms with van der Waals surface area (Å²) < 4.78 is 92.5. The number of piperidine rings is 2. The van der Waals surface area contributed by atoms with Crippen LogP contribution in [0.15, 0.2) is 17.7 Å². The molecule has 0 amide bonds. The van der Waals surface area contributed by atoms with Gasteiger partial charge in [0.25, 0.3) is 0 Å². The highest BCUT2D eigenvalue weighted by Gasteiger charge is 2.44. The Bertz CT molecular complexity index is 1090. The van der Waals surface area contributed by atoms with Crippen LogP contribution in [0.5, 0.6) is 5.75 Å². The third kappa shape index (κ3) is 6.31. The van der Waals surface area contributed by atoms with E-state index in [4.69, 9.17) is 9.47 Å². The summed E-state index contributed by atoms with van der Waals surface area (Å²) in [7, 11) is 1.43. The molecule has 3 fully saturated rings. The van der Waals surface area contributed by atoms with Crippen molar-refractivity contribution in [3.8, 4) is 5.75 Å². The number of methoxy groups -OCH3 is 1. The van der Waals surface area contributed by atoms with Crippen LogP contribution in [-0.4, -0.2) is 48.9 Å². The second-order valence-electron chi connectivity index (χ2n) is 11.9. The number of carbonyl (C=O) groups is 1. The number of alkyl halides is 6. The van der Waals surface area contributed by atoms with Crippen LogP contribution in [0.2, 0.25) is 0 Å². The Morgan fingerprint density at radius 1 is 0.950 bits per heavy atom. The Kier molecular flexibility index (Phi) is 8.47. The summed E-state index contributed by atoms with van der Waals surface area (Å²) in [5.74, 6) is -1.89. The lowest BCUT2D eigenvalue weighted by Gasteiger charge is -2.48. The number of fused-ring (bicyclic) bond motifs is 3. The van der Waals surface area contributed by atoms with Crippen LogP contribution in [0.1, 0.15) is 87.3 Å². The van der Waals surface area contributed by atoms with Crippen LogP contribution in [0.25, 0.3) is 6.08 Å². The van der Waals surface area contributed by atoms with Crippen LogP contribution >= 0.6 is 0 Å². The van der Waals surface area contributed by atoms with E-state index in [2.05, 4.69) is 4.90 Å². The lowest BCUT2D eigenvalue weighted by atomic mass is 9.78. The third-order valence-electron chi connectivity index (χ3n) is 9.43. The zero-order valence-corrected chi connectivity index (χ0v) is 22.8. The van der Waals surface area contributed by atoms with Gasteiger partial charge in [-0.3, -0.25) is 9.69 Å². The maximum absolute atomic E-state index is 14.3. The Morgan fingerprint density at radius 3 is 2.23 bits per heavy atom. The van der Waals surface area contributed by atoms with E-state index < -0.39 is 29.9 Å². The van der Waals surface area contributed by atoms with E-state index in [1.54, 1.807) is 6.07 Å². The fourth-order valence-corrected chi connectivity index (χ4v) is 7.39. The standard InChI is InChI=1S/C30H37F6NO3/c1-39-28(38)20-16-22-3-2-4-23(17-20)37(22)14-13-18-5-11-25-19(15-18)6-12-26(27(25)30(34,35)36)40-24-9-7-21(8-10-24)29(31,32)33/h6,12,15,20-24H,2-5,7-11,13-14,16-17H2,1H3. The van der Waals surface area contributed by atoms with E-state index in [1.165, 1.54) is 13.2 Å². The van der Waals surface area contributed by atoms with Crippen molar-refractivity contribution in [1.29, 1.82) is 0 Å². The van der Waals surface area contributed by atoms with E-state index in [9.17, 15) is 31.1 Å². The summed E-state index contributed by atoms with van der Waals surface area (Å²) in [5.41, 5.74) is 1.05. The summed E-state index contributed by atoms with van der Waals surface area (Å²) in [6.07, 6.45) is -1.46. The molecule has 2 unspecified atom stereocenters. The summed E-state index contributed by atoms with van der Waals surface area (Å²) >= 11 is 0. The van der Waals surface area contributed by atoms with Crippen molar-refractivity contribution >= 4 is 12.0 Å². The largest absolute Gasteiger partial charge is 0.490 e. The molecular formula is C30H37F6NO3. The molecule has 1 aromatic rings. The molecule has 2 saturated heterocycles. The minimum absolute atomic E-state index is 0.0609. The average molecular weight is 574 g/mol. The number of benzene rings is 1. The molecule has 4 aliphatic rings. The molecule has 2 aliphatic heterocycles. The highest BCUT2D eigenvalue weighted by Crippen LogP contribution is 2.45. The highest BCUT2D eigenvalue weighted by molar-refractivity contribution is 5.72. The van der Waals surface area contributed by atoms with Gasteiger partial charge in [0, 0.05) is 18.6 Å². The quantitative estimate of drug-likeness (QED) is 0.258. The van der Waals surface area contributed by atoms with Crippen molar-refractivity contribution in [3.05, 3.63) is 34.4 Å². The van der Waals surface area contributed by atoms with Gasteiger partial charge < -0.3 is 9.47 Å². The number of ether oxygens (including phenoxy) is 2. The maximum Gasteiger partial charge on any atom is 0.420 e. The number of hydrogen-bond acceptors (Lipinski definition) is 4. The van der Waals surface area contributed by atoms with Crippen molar-refractivity contribution in [3.63, 3.8) is 0 Å². The number of hydrogen-bond donors (Lipinski definition) is 0. The summed E-state index contributed by atoms with van der Waals surface area (Å²) in [6, 6.07) is 3.64. The molecule has 1 aromatic carbocycles. The number of nitrogens with zero attached hydrogens (tertiary/aromatic N) is 1. The normalized spacial score (nSPS) is 29.4. The second-order valence-corrected chi connectivity index (χ2v) is 11.9. The number of esters is 1. The molecule has 5 rings (SSSR count). The maximum atomic E-state index is 14.3. The van der Waals surface area contributed by atoms with Gasteiger partial charge in [0.05, 0.1) is 25.0 Å². The lowest BCUT2D eigenvalue weighted by Crippen LogP contribution is -2.53. The van der Waals surface area contributed by atoms with E-state index in [0.717, 1.165) is 50.6 Å². The Hall–Kier alpha value is -2.23. The molecule has 2 bridgehead atoms. The first-order chi connectivity index (χ1) is 18.9. The first kappa shape index (κ1) is 29.3. The van der Waals surface area contributed by atoms with Gasteiger partial charge in [-0.15, -0.1) is 0 Å². The summed E-state index contributed by atoms with van der Waals surface area (Å²) in [6.45, 7) is 0.818. The van der Waals surface area contributed by atoms with Crippen LogP contribution in [-0.2, 0) is 22.1 Å². The zero-order valence-electron chi connectivity index (χ0n) is 22.8. The minimum atomic E-state index is -4.63. The molecule has 2 aliphatic carbocycles. The molecule has 1 saturated carbocycles. The van der Waals surface area contributed by atoms with Gasteiger partial charge in [0.2, 0.25) is 0 Å². The summed E-state index contributed by atoms with van der Waals surface area (Å²) in [4.78, 5) is 14.6. The first-order valence-corrected chi connectivity index (χ1v) is 14.4. The monoisotopic (exact) mass is 573 g/mol. The number of halogens is 6. The average Bonchev–Trinajstić information content (AvgIpc) is 2.89. The fraction of sp³-hybridized carbons (Fsp3) is 0.700.